The van der Waals surface area contributed by atoms with Crippen LogP contribution in [0.2, 0.25) is 0 Å². The zero-order valence-corrected chi connectivity index (χ0v) is 11.6. The Morgan fingerprint density at radius 1 is 1.21 bits per heavy atom. The third kappa shape index (κ3) is 3.18. The van der Waals surface area contributed by atoms with Crippen LogP contribution in [-0.2, 0) is 0 Å². The van der Waals surface area contributed by atoms with Gasteiger partial charge < -0.3 is 5.32 Å². The van der Waals surface area contributed by atoms with E-state index in [0.717, 1.165) is 23.4 Å². The Morgan fingerprint density at radius 2 is 2.00 bits per heavy atom. The molecule has 2 rings (SSSR count). The molecule has 0 saturated heterocycles. The summed E-state index contributed by atoms with van der Waals surface area (Å²) in [6, 6.07) is 9.00. The second kappa shape index (κ2) is 5.93. The fourth-order valence-corrected chi connectivity index (χ4v) is 2.15. The molecule has 1 atom stereocenters. The molecule has 0 bridgehead atoms. The predicted molar refractivity (Wildman–Crippen MR) is 75.6 cm³/mol. The first-order chi connectivity index (χ1) is 9.11. The third-order valence-corrected chi connectivity index (χ3v) is 3.14. The van der Waals surface area contributed by atoms with Crippen molar-refractivity contribution in [2.75, 3.05) is 6.54 Å². The number of pyridine rings is 1. The number of nitrogens with zero attached hydrogens (tertiary/aromatic N) is 1. The lowest BCUT2D eigenvalue weighted by Crippen LogP contribution is -2.23. The van der Waals surface area contributed by atoms with E-state index < -0.39 is 0 Å². The summed E-state index contributed by atoms with van der Waals surface area (Å²) in [6.07, 6.45) is 1.81. The lowest BCUT2D eigenvalue weighted by molar-refractivity contribution is 0.557. The Hall–Kier alpha value is -1.74. The van der Waals surface area contributed by atoms with Crippen LogP contribution in [0.25, 0.3) is 0 Å². The lowest BCUT2D eigenvalue weighted by atomic mass is 9.97. The number of hydrogen-bond acceptors (Lipinski definition) is 2. The molecule has 0 aliphatic carbocycles. The molecular formula is C16H19FN2. The van der Waals surface area contributed by atoms with Gasteiger partial charge in [0, 0.05) is 17.5 Å². The monoisotopic (exact) mass is 258 g/mol. The Morgan fingerprint density at radius 3 is 2.63 bits per heavy atom. The maximum atomic E-state index is 14.0. The summed E-state index contributed by atoms with van der Waals surface area (Å²) in [5.74, 6) is -0.183. The summed E-state index contributed by atoms with van der Waals surface area (Å²) in [5, 5.41) is 3.32. The zero-order valence-electron chi connectivity index (χ0n) is 11.6. The molecule has 2 aromatic rings. The number of benzene rings is 1. The number of hydrogen-bond donors (Lipinski definition) is 1. The van der Waals surface area contributed by atoms with Gasteiger partial charge in [-0.25, -0.2) is 4.39 Å². The molecule has 100 valence electrons. The molecule has 2 nitrogen and oxygen atoms in total. The maximum absolute atomic E-state index is 14.0. The van der Waals surface area contributed by atoms with Gasteiger partial charge in [0.15, 0.2) is 0 Å². The first kappa shape index (κ1) is 13.7. The molecular weight excluding hydrogens is 239 g/mol. The van der Waals surface area contributed by atoms with Crippen LogP contribution in [0.15, 0.2) is 36.5 Å². The molecule has 1 heterocycles. The molecule has 0 amide bonds. The largest absolute Gasteiger partial charge is 0.306 e. The smallest absolute Gasteiger partial charge is 0.128 e. The minimum Gasteiger partial charge on any atom is -0.306 e. The lowest BCUT2D eigenvalue weighted by Gasteiger charge is -2.20. The van der Waals surface area contributed by atoms with Crippen LogP contribution in [0.5, 0.6) is 0 Å². The topological polar surface area (TPSA) is 24.9 Å². The predicted octanol–water partition coefficient (Wildman–Crippen LogP) is 3.54. The molecule has 1 aromatic heterocycles. The van der Waals surface area contributed by atoms with E-state index in [9.17, 15) is 4.39 Å². The Kier molecular flexibility index (Phi) is 4.27. The van der Waals surface area contributed by atoms with E-state index in [1.54, 1.807) is 6.07 Å². The highest BCUT2D eigenvalue weighted by Gasteiger charge is 2.17. The SMILES string of the molecule is CCNC(c1ccc(C)nc1)c1cc(C)ccc1F. The third-order valence-electron chi connectivity index (χ3n) is 3.14. The highest BCUT2D eigenvalue weighted by molar-refractivity contribution is 5.34. The normalized spacial score (nSPS) is 12.4. The molecule has 1 N–H and O–H groups in total. The molecule has 0 aliphatic heterocycles. The minimum absolute atomic E-state index is 0.155. The van der Waals surface area contributed by atoms with Crippen LogP contribution < -0.4 is 5.32 Å². The molecule has 3 heteroatoms. The summed E-state index contributed by atoms with van der Waals surface area (Å²) in [6.45, 7) is 6.70. The van der Waals surface area contributed by atoms with Gasteiger partial charge in [0.05, 0.1) is 6.04 Å². The number of nitrogens with one attached hydrogen (secondary N) is 1. The average Bonchev–Trinajstić information content (AvgIpc) is 2.40. The Balaban J connectivity index is 2.44. The standard InChI is InChI=1S/C16H19FN2/c1-4-18-16(13-7-6-12(3)19-10-13)14-9-11(2)5-8-15(14)17/h5-10,16,18H,4H2,1-3H3. The van der Waals surface area contributed by atoms with Crippen molar-refractivity contribution in [2.45, 2.75) is 26.8 Å². The summed E-state index contributed by atoms with van der Waals surface area (Å²) in [4.78, 5) is 4.30. The Labute approximate surface area is 113 Å². The minimum atomic E-state index is -0.183. The summed E-state index contributed by atoms with van der Waals surface area (Å²) in [5.41, 5.74) is 3.67. The molecule has 0 fully saturated rings. The highest BCUT2D eigenvalue weighted by Crippen LogP contribution is 2.25. The van der Waals surface area contributed by atoms with Crippen molar-refractivity contribution in [3.8, 4) is 0 Å². The van der Waals surface area contributed by atoms with Crippen LogP contribution in [0.1, 0.15) is 35.3 Å². The van der Waals surface area contributed by atoms with E-state index in [-0.39, 0.29) is 11.9 Å². The summed E-state index contributed by atoms with van der Waals surface area (Å²) in [7, 11) is 0. The van der Waals surface area contributed by atoms with Gasteiger partial charge in [0.1, 0.15) is 5.82 Å². The molecule has 19 heavy (non-hydrogen) atoms. The van der Waals surface area contributed by atoms with Gasteiger partial charge in [-0.15, -0.1) is 0 Å². The zero-order chi connectivity index (χ0) is 13.8. The second-order valence-corrected chi connectivity index (χ2v) is 4.75. The first-order valence-corrected chi connectivity index (χ1v) is 6.53. The molecule has 0 saturated carbocycles. The summed E-state index contributed by atoms with van der Waals surface area (Å²) >= 11 is 0. The number of halogens is 1. The van der Waals surface area contributed by atoms with Crippen molar-refractivity contribution < 1.29 is 4.39 Å². The van der Waals surface area contributed by atoms with Crippen LogP contribution in [-0.4, -0.2) is 11.5 Å². The maximum Gasteiger partial charge on any atom is 0.128 e. The van der Waals surface area contributed by atoms with E-state index in [1.807, 2.05) is 45.2 Å². The fraction of sp³-hybridized carbons (Fsp3) is 0.312. The Bertz CT molecular complexity index is 549. The van der Waals surface area contributed by atoms with E-state index >= 15 is 0 Å². The van der Waals surface area contributed by atoms with Gasteiger partial charge in [0.25, 0.3) is 0 Å². The average molecular weight is 258 g/mol. The first-order valence-electron chi connectivity index (χ1n) is 6.53. The van der Waals surface area contributed by atoms with Crippen LogP contribution in [0.4, 0.5) is 4.39 Å². The number of rotatable bonds is 4. The van der Waals surface area contributed by atoms with Crippen molar-refractivity contribution in [2.24, 2.45) is 0 Å². The van der Waals surface area contributed by atoms with E-state index in [1.165, 1.54) is 6.07 Å². The molecule has 1 unspecified atom stereocenters. The van der Waals surface area contributed by atoms with Gasteiger partial charge in [0.2, 0.25) is 0 Å². The van der Waals surface area contributed by atoms with E-state index in [2.05, 4.69) is 10.3 Å². The van der Waals surface area contributed by atoms with Crippen molar-refractivity contribution in [3.05, 3.63) is 64.7 Å². The van der Waals surface area contributed by atoms with E-state index in [4.69, 9.17) is 0 Å². The van der Waals surface area contributed by atoms with Crippen LogP contribution in [0, 0.1) is 19.7 Å². The van der Waals surface area contributed by atoms with Gasteiger partial charge >= 0.3 is 0 Å². The molecule has 0 radical (unpaired) electrons. The van der Waals surface area contributed by atoms with Crippen LogP contribution in [0.3, 0.4) is 0 Å². The molecule has 0 spiro atoms. The molecule has 0 aliphatic rings. The highest BCUT2D eigenvalue weighted by atomic mass is 19.1. The van der Waals surface area contributed by atoms with Crippen molar-refractivity contribution in [3.63, 3.8) is 0 Å². The van der Waals surface area contributed by atoms with Crippen LogP contribution >= 0.6 is 0 Å². The van der Waals surface area contributed by atoms with Gasteiger partial charge in [-0.1, -0.05) is 30.7 Å². The second-order valence-electron chi connectivity index (χ2n) is 4.75. The summed E-state index contributed by atoms with van der Waals surface area (Å²) < 4.78 is 14.0. The van der Waals surface area contributed by atoms with Crippen molar-refractivity contribution in [1.29, 1.82) is 0 Å². The van der Waals surface area contributed by atoms with Gasteiger partial charge in [-0.3, -0.25) is 4.98 Å². The van der Waals surface area contributed by atoms with Crippen molar-refractivity contribution in [1.82, 2.24) is 10.3 Å². The van der Waals surface area contributed by atoms with E-state index in [0.29, 0.717) is 5.56 Å². The fourth-order valence-electron chi connectivity index (χ4n) is 2.15. The number of aromatic nitrogens is 1. The molecule has 1 aromatic carbocycles. The quantitative estimate of drug-likeness (QED) is 0.907. The van der Waals surface area contributed by atoms with Gasteiger partial charge in [-0.05, 0) is 38.1 Å². The van der Waals surface area contributed by atoms with Crippen molar-refractivity contribution >= 4 is 0 Å². The van der Waals surface area contributed by atoms with Gasteiger partial charge in [-0.2, -0.15) is 0 Å². The number of aryl methyl sites for hydroxylation is 2.